The van der Waals surface area contributed by atoms with Crippen LogP contribution in [0.3, 0.4) is 0 Å². The van der Waals surface area contributed by atoms with Gasteiger partial charge in [0.05, 0.1) is 12.0 Å². The van der Waals surface area contributed by atoms with Gasteiger partial charge >= 0.3 is 25.0 Å². The minimum Gasteiger partial charge on any atom is -0.447 e. The number of alkyl halides is 8. The number of carbonyl (C=O) groups excluding carboxylic acids is 2. The van der Waals surface area contributed by atoms with Crippen LogP contribution < -0.4 is 11.1 Å². The van der Waals surface area contributed by atoms with E-state index in [1.165, 1.54) is 36.4 Å². The van der Waals surface area contributed by atoms with Crippen molar-refractivity contribution in [2.45, 2.75) is 88.4 Å². The second kappa shape index (κ2) is 14.4. The van der Waals surface area contributed by atoms with Crippen molar-refractivity contribution in [1.29, 1.82) is 0 Å². The largest absolute Gasteiger partial charge is 0.451 e. The Morgan fingerprint density at radius 1 is 1.02 bits per heavy atom. The van der Waals surface area contributed by atoms with Crippen LogP contribution in [0.1, 0.15) is 76.1 Å². The molecule has 0 radical (unpaired) electrons. The highest BCUT2D eigenvalue weighted by Crippen LogP contribution is 2.49. The first-order valence-corrected chi connectivity index (χ1v) is 17.4. The van der Waals surface area contributed by atoms with E-state index in [1.54, 1.807) is 0 Å². The molecule has 2 amide bonds. The fraction of sp³-hybridized carbons (Fsp3) is 0.457. The highest BCUT2D eigenvalue weighted by atomic mass is 35.5. The molecule has 300 valence electrons. The van der Waals surface area contributed by atoms with Gasteiger partial charge in [0.15, 0.2) is 11.5 Å². The number of rotatable bonds is 10. The van der Waals surface area contributed by atoms with Crippen LogP contribution in [0.4, 0.5) is 39.9 Å². The maximum atomic E-state index is 14.9. The van der Waals surface area contributed by atoms with Gasteiger partial charge in [-0.05, 0) is 53.9 Å². The van der Waals surface area contributed by atoms with Crippen LogP contribution in [-0.2, 0) is 21.2 Å². The van der Waals surface area contributed by atoms with Gasteiger partial charge in [-0.1, -0.05) is 62.7 Å². The summed E-state index contributed by atoms with van der Waals surface area (Å²) in [6.07, 6.45) is -6.04. The molecule has 1 unspecified atom stereocenters. The minimum atomic E-state index is -4.75. The summed E-state index contributed by atoms with van der Waals surface area (Å²) in [6.45, 7) is 1.68. The first-order valence-electron chi connectivity index (χ1n) is 17.0. The maximum Gasteiger partial charge on any atom is 0.451 e. The van der Waals surface area contributed by atoms with Gasteiger partial charge in [-0.3, -0.25) is 9.69 Å². The molecule has 2 aliphatic carbocycles. The topological polar surface area (TPSA) is 154 Å². The summed E-state index contributed by atoms with van der Waals surface area (Å²) >= 11 is 6.47. The average molecular weight is 816 g/mol. The van der Waals surface area contributed by atoms with Gasteiger partial charge in [0.25, 0.3) is 5.91 Å². The van der Waals surface area contributed by atoms with Gasteiger partial charge < -0.3 is 15.8 Å². The third-order valence-corrected chi connectivity index (χ3v) is 9.97. The van der Waals surface area contributed by atoms with E-state index in [4.69, 9.17) is 22.1 Å². The molecule has 1 saturated carbocycles. The van der Waals surface area contributed by atoms with E-state index in [9.17, 15) is 44.7 Å². The Labute approximate surface area is 318 Å². The van der Waals surface area contributed by atoms with Gasteiger partial charge in [0.1, 0.15) is 24.3 Å². The number of alkyl carbamates (subject to hydrolysis) is 1. The van der Waals surface area contributed by atoms with Crippen molar-refractivity contribution in [3.63, 3.8) is 0 Å². The molecule has 0 spiro atoms. The fourth-order valence-electron chi connectivity index (χ4n) is 6.80. The van der Waals surface area contributed by atoms with Crippen LogP contribution in [-0.4, -0.2) is 72.0 Å². The van der Waals surface area contributed by atoms with Crippen molar-refractivity contribution >= 4 is 29.6 Å². The molecule has 3 atom stereocenters. The molecule has 21 heteroatoms. The number of aliphatic imine (C=N–C) groups is 1. The molecular weight excluding hydrogens is 782 g/mol. The summed E-state index contributed by atoms with van der Waals surface area (Å²) < 4.78 is 114. The number of nitrogens with zero attached hydrogens (tertiary/aromatic N) is 7. The van der Waals surface area contributed by atoms with E-state index < -0.39 is 71.8 Å². The zero-order valence-electron chi connectivity index (χ0n) is 29.8. The lowest BCUT2D eigenvalue weighted by atomic mass is 9.75. The Morgan fingerprint density at radius 2 is 1.66 bits per heavy atom. The number of amides is 2. The van der Waals surface area contributed by atoms with E-state index in [-0.39, 0.29) is 53.6 Å². The maximum absolute atomic E-state index is 14.9. The van der Waals surface area contributed by atoms with Gasteiger partial charge in [-0.25, -0.2) is 24.7 Å². The van der Waals surface area contributed by atoms with E-state index in [2.05, 4.69) is 25.0 Å². The van der Waals surface area contributed by atoms with Crippen LogP contribution in [0.25, 0.3) is 11.1 Å². The summed E-state index contributed by atoms with van der Waals surface area (Å²) in [7, 11) is 0. The number of carbonyl (C=O) groups is 2. The van der Waals surface area contributed by atoms with Crippen LogP contribution in [0.15, 0.2) is 70.7 Å². The lowest BCUT2D eigenvalue weighted by Gasteiger charge is -2.36. The molecule has 12 nitrogen and oxygen atoms in total. The summed E-state index contributed by atoms with van der Waals surface area (Å²) in [6, 6.07) is 4.81. The molecule has 3 aliphatic rings. The first kappa shape index (κ1) is 40.5. The summed E-state index contributed by atoms with van der Waals surface area (Å²) in [5.41, 5.74) is 2.95. The zero-order valence-corrected chi connectivity index (χ0v) is 30.6. The number of halogens is 9. The number of aromatic nitrogens is 5. The number of ether oxygens (including phenoxy) is 1. The highest BCUT2D eigenvalue weighted by Gasteiger charge is 2.65. The predicted octanol–water partition coefficient (Wildman–Crippen LogP) is 7.36. The molecule has 3 aromatic rings. The van der Waals surface area contributed by atoms with E-state index in [0.29, 0.717) is 15.8 Å². The molecular formula is C35H34ClF8N9O3. The Kier molecular flexibility index (Phi) is 10.4. The van der Waals surface area contributed by atoms with Crippen molar-refractivity contribution in [1.82, 2.24) is 34.9 Å². The summed E-state index contributed by atoms with van der Waals surface area (Å²) in [5, 5.41) is 5.51. The van der Waals surface area contributed by atoms with Crippen molar-refractivity contribution in [3.8, 4) is 11.1 Å². The molecule has 0 bridgehead atoms. The lowest BCUT2D eigenvalue weighted by Crippen LogP contribution is -2.53. The molecule has 0 saturated heterocycles. The van der Waals surface area contributed by atoms with Crippen molar-refractivity contribution in [3.05, 3.63) is 83.0 Å². The highest BCUT2D eigenvalue weighted by molar-refractivity contribution is 6.30. The molecule has 1 aromatic carbocycles. The number of hydrogen-bond acceptors (Lipinski definition) is 9. The second-order valence-corrected chi connectivity index (χ2v) is 15.3. The van der Waals surface area contributed by atoms with Crippen molar-refractivity contribution in [2.24, 2.45) is 16.1 Å². The SMILES string of the molecule is CC(C)(C)C[C@]1(c2ccc(-c3cnc(C(F)(F)F)nc3)cc2)N=C(N)N([C@H](COC(=O)NC2(C(F)(F)F)CC2)C2=CC=C(Cl)C(c3ncnn3C(F)F)C2)C1=O. The predicted molar refractivity (Wildman–Crippen MR) is 184 cm³/mol. The van der Waals surface area contributed by atoms with E-state index >= 15 is 0 Å². The third kappa shape index (κ3) is 7.92. The van der Waals surface area contributed by atoms with Gasteiger partial charge in [0.2, 0.25) is 5.82 Å². The van der Waals surface area contributed by atoms with Crippen LogP contribution in [0.5, 0.6) is 0 Å². The quantitative estimate of drug-likeness (QED) is 0.201. The van der Waals surface area contributed by atoms with Crippen LogP contribution in [0, 0.1) is 5.41 Å². The number of guanidine groups is 1. The van der Waals surface area contributed by atoms with E-state index in [1.807, 2.05) is 26.1 Å². The zero-order chi connectivity index (χ0) is 41.0. The number of allylic oxidation sites excluding steroid dienone is 3. The molecule has 6 rings (SSSR count). The van der Waals surface area contributed by atoms with E-state index in [0.717, 1.165) is 23.6 Å². The Morgan fingerprint density at radius 3 is 2.21 bits per heavy atom. The van der Waals surface area contributed by atoms with Gasteiger partial charge in [-0.2, -0.15) is 44.9 Å². The van der Waals surface area contributed by atoms with Crippen LogP contribution >= 0.6 is 11.6 Å². The first-order chi connectivity index (χ1) is 26.0. The lowest BCUT2D eigenvalue weighted by molar-refractivity contribution is -0.164. The number of nitrogens with one attached hydrogen (secondary N) is 1. The second-order valence-electron chi connectivity index (χ2n) is 14.8. The molecule has 3 heterocycles. The smallest absolute Gasteiger partial charge is 0.447 e. The van der Waals surface area contributed by atoms with Crippen molar-refractivity contribution < 1.29 is 49.4 Å². The average Bonchev–Trinajstić information content (AvgIpc) is 3.66. The Bertz CT molecular complexity index is 2070. The fourth-order valence-corrected chi connectivity index (χ4v) is 7.04. The molecule has 3 N–H and O–H groups in total. The van der Waals surface area contributed by atoms with Crippen molar-refractivity contribution in [2.75, 3.05) is 6.61 Å². The third-order valence-electron chi connectivity index (χ3n) is 9.58. The summed E-state index contributed by atoms with van der Waals surface area (Å²) in [5.74, 6) is -3.63. The molecule has 56 heavy (non-hydrogen) atoms. The standard InChI is InChI=1S/C35H34ClF8N9O3/c1-31(2,3)16-33(21-7-4-18(5-8-21)20-13-46-26(47-14-20)34(39,40)41)27(54)52(29(45)50-33)24(15-56-30(55)51-32(10-11-32)35(42,43)44)19-6-9-23(36)22(12-19)25-48-17-49-53(25)28(37)38/h4-9,13-14,17,22,24,28H,10-12,15-16H2,1-3H3,(H2,45,50)(H,51,55)/t22?,24-,33-/m1/s1. The van der Waals surface area contributed by atoms with Gasteiger partial charge in [0, 0.05) is 23.0 Å². The minimum absolute atomic E-state index is 0.0475. The number of nitrogens with two attached hydrogens (primary N) is 1. The molecule has 1 aliphatic heterocycles. The summed E-state index contributed by atoms with van der Waals surface area (Å²) in [4.78, 5) is 44.2. The van der Waals surface area contributed by atoms with Crippen LogP contribution in [0.2, 0.25) is 0 Å². The number of hydrogen-bond donors (Lipinski definition) is 2. The molecule has 1 fully saturated rings. The normalized spacial score (nSPS) is 21.7. The Balaban J connectivity index is 1.36. The molecule has 2 aromatic heterocycles. The Hall–Kier alpha value is -5.14. The van der Waals surface area contributed by atoms with Gasteiger partial charge in [-0.15, -0.1) is 0 Å². The number of benzene rings is 1. The monoisotopic (exact) mass is 815 g/mol.